The third-order valence-electron chi connectivity index (χ3n) is 5.10. The second kappa shape index (κ2) is 10.5. The zero-order valence-electron chi connectivity index (χ0n) is 17.7. The van der Waals surface area contributed by atoms with Crippen molar-refractivity contribution < 1.29 is 19.0 Å². The van der Waals surface area contributed by atoms with E-state index in [1.807, 2.05) is 44.2 Å². The Morgan fingerprint density at radius 3 is 2.53 bits per heavy atom. The number of para-hydroxylation sites is 2. The van der Waals surface area contributed by atoms with Crippen molar-refractivity contribution in [2.75, 3.05) is 38.7 Å². The number of likely N-dealkylation sites (tertiary alicyclic amines) is 1. The fourth-order valence-electron chi connectivity index (χ4n) is 3.51. The quantitative estimate of drug-likeness (QED) is 0.663. The number of ether oxygens (including phenoxy) is 3. The van der Waals surface area contributed by atoms with Crippen molar-refractivity contribution in [3.63, 3.8) is 0 Å². The van der Waals surface area contributed by atoms with Gasteiger partial charge in [-0.1, -0.05) is 23.7 Å². The predicted octanol–water partition coefficient (Wildman–Crippen LogP) is 4.54. The Hall–Kier alpha value is -2.44. The van der Waals surface area contributed by atoms with E-state index in [9.17, 15) is 4.79 Å². The first kappa shape index (κ1) is 22.2. The molecule has 0 radical (unpaired) electrons. The fourth-order valence-corrected chi connectivity index (χ4v) is 3.66. The lowest BCUT2D eigenvalue weighted by atomic mass is 10.1. The highest BCUT2D eigenvalue weighted by Crippen LogP contribution is 2.31. The van der Waals surface area contributed by atoms with Crippen LogP contribution in [0.1, 0.15) is 25.3 Å². The number of carbonyl (C=O) groups is 1. The average molecular weight is 433 g/mol. The van der Waals surface area contributed by atoms with E-state index in [0.717, 1.165) is 43.0 Å². The van der Waals surface area contributed by atoms with E-state index in [0.29, 0.717) is 29.6 Å². The highest BCUT2D eigenvalue weighted by molar-refractivity contribution is 6.31. The van der Waals surface area contributed by atoms with Crippen molar-refractivity contribution >= 4 is 23.2 Å². The number of halogens is 1. The van der Waals surface area contributed by atoms with E-state index in [-0.39, 0.29) is 12.0 Å². The van der Waals surface area contributed by atoms with Crippen molar-refractivity contribution in [1.82, 2.24) is 4.90 Å². The Morgan fingerprint density at radius 1 is 1.17 bits per heavy atom. The first-order valence-electron chi connectivity index (χ1n) is 10.2. The normalized spacial score (nSPS) is 14.9. The van der Waals surface area contributed by atoms with E-state index < -0.39 is 0 Å². The Labute approximate surface area is 183 Å². The smallest absolute Gasteiger partial charge is 0.238 e. The Kier molecular flexibility index (Phi) is 7.82. The Bertz CT molecular complexity index is 866. The molecule has 2 aromatic rings. The third kappa shape index (κ3) is 5.80. The molecule has 1 N–H and O–H groups in total. The van der Waals surface area contributed by atoms with E-state index in [2.05, 4.69) is 10.2 Å². The van der Waals surface area contributed by atoms with Gasteiger partial charge in [-0.05, 0) is 50.5 Å². The third-order valence-corrected chi connectivity index (χ3v) is 5.51. The summed E-state index contributed by atoms with van der Waals surface area (Å²) in [6, 6.07) is 11.3. The van der Waals surface area contributed by atoms with Gasteiger partial charge in [0.25, 0.3) is 0 Å². The van der Waals surface area contributed by atoms with Crippen LogP contribution in [0.5, 0.6) is 17.2 Å². The van der Waals surface area contributed by atoms with Gasteiger partial charge in [-0.3, -0.25) is 9.69 Å². The summed E-state index contributed by atoms with van der Waals surface area (Å²) >= 11 is 6.14. The summed E-state index contributed by atoms with van der Waals surface area (Å²) in [4.78, 5) is 14.7. The monoisotopic (exact) mass is 432 g/mol. The lowest BCUT2D eigenvalue weighted by Gasteiger charge is -2.32. The zero-order chi connectivity index (χ0) is 21.5. The van der Waals surface area contributed by atoms with Crippen LogP contribution in [0.3, 0.4) is 0 Å². The summed E-state index contributed by atoms with van der Waals surface area (Å²) in [7, 11) is 1.56. The number of piperidine rings is 1. The van der Waals surface area contributed by atoms with Crippen molar-refractivity contribution in [2.45, 2.75) is 32.8 Å². The maximum absolute atomic E-state index is 12.5. The molecule has 0 aliphatic carbocycles. The molecule has 0 saturated carbocycles. The van der Waals surface area contributed by atoms with Crippen molar-refractivity contribution in [3.8, 4) is 17.2 Å². The minimum absolute atomic E-state index is 0.0731. The predicted molar refractivity (Wildman–Crippen MR) is 119 cm³/mol. The molecule has 1 heterocycles. The van der Waals surface area contributed by atoms with Crippen LogP contribution in [0.2, 0.25) is 5.02 Å². The molecular formula is C23H29ClN2O4. The Balaban J connectivity index is 1.50. The second-order valence-electron chi connectivity index (χ2n) is 7.32. The molecule has 0 bridgehead atoms. The molecule has 3 rings (SSSR count). The summed E-state index contributed by atoms with van der Waals surface area (Å²) in [6.07, 6.45) is 1.83. The van der Waals surface area contributed by atoms with Crippen LogP contribution in [-0.2, 0) is 4.79 Å². The van der Waals surface area contributed by atoms with Crippen LogP contribution >= 0.6 is 11.6 Å². The molecule has 1 amide bonds. The number of amides is 1. The maximum atomic E-state index is 12.5. The largest absolute Gasteiger partial charge is 0.495 e. The van der Waals surface area contributed by atoms with Crippen molar-refractivity contribution in [3.05, 3.63) is 47.0 Å². The van der Waals surface area contributed by atoms with Crippen LogP contribution in [0.25, 0.3) is 0 Å². The van der Waals surface area contributed by atoms with Gasteiger partial charge in [0.1, 0.15) is 11.9 Å². The highest BCUT2D eigenvalue weighted by atomic mass is 35.5. The molecule has 2 aromatic carbocycles. The van der Waals surface area contributed by atoms with Gasteiger partial charge < -0.3 is 19.5 Å². The molecule has 1 aliphatic rings. The van der Waals surface area contributed by atoms with Gasteiger partial charge in [0.15, 0.2) is 11.5 Å². The number of carbonyl (C=O) groups excluding carboxylic acids is 1. The summed E-state index contributed by atoms with van der Waals surface area (Å²) in [5.74, 6) is 2.03. The molecule has 30 heavy (non-hydrogen) atoms. The van der Waals surface area contributed by atoms with E-state index in [1.54, 1.807) is 13.2 Å². The molecule has 6 nitrogen and oxygen atoms in total. The standard InChI is InChI=1S/C23H29ClN2O4/c1-4-29-20-7-5-6-8-21(20)30-17-9-11-26(12-10-17)15-23(27)25-19-13-16(2)18(24)14-22(19)28-3/h5-8,13-14,17H,4,9-12,15H2,1-3H3,(H,25,27). The first-order valence-corrected chi connectivity index (χ1v) is 10.6. The minimum Gasteiger partial charge on any atom is -0.495 e. The summed E-state index contributed by atoms with van der Waals surface area (Å²) < 4.78 is 17.1. The van der Waals surface area contributed by atoms with Gasteiger partial charge in [-0.2, -0.15) is 0 Å². The fraction of sp³-hybridized carbons (Fsp3) is 0.435. The number of methoxy groups -OCH3 is 1. The molecule has 1 fully saturated rings. The maximum Gasteiger partial charge on any atom is 0.238 e. The number of aryl methyl sites for hydroxylation is 1. The number of nitrogens with one attached hydrogen (secondary N) is 1. The van der Waals surface area contributed by atoms with Crippen molar-refractivity contribution in [1.29, 1.82) is 0 Å². The zero-order valence-corrected chi connectivity index (χ0v) is 18.5. The molecular weight excluding hydrogens is 404 g/mol. The van der Waals surface area contributed by atoms with E-state index in [1.165, 1.54) is 0 Å². The number of hydrogen-bond acceptors (Lipinski definition) is 5. The van der Waals surface area contributed by atoms with Crippen molar-refractivity contribution in [2.24, 2.45) is 0 Å². The highest BCUT2D eigenvalue weighted by Gasteiger charge is 2.23. The van der Waals surface area contributed by atoms with Gasteiger partial charge in [0.05, 0.1) is 25.9 Å². The SMILES string of the molecule is CCOc1ccccc1OC1CCN(CC(=O)Nc2cc(C)c(Cl)cc2OC)CC1. The van der Waals surface area contributed by atoms with Crippen LogP contribution in [-0.4, -0.2) is 50.3 Å². The van der Waals surface area contributed by atoms with E-state index >= 15 is 0 Å². The molecule has 1 saturated heterocycles. The molecule has 0 unspecified atom stereocenters. The van der Waals surface area contributed by atoms with E-state index in [4.69, 9.17) is 25.8 Å². The second-order valence-corrected chi connectivity index (χ2v) is 7.73. The molecule has 0 spiro atoms. The van der Waals surface area contributed by atoms with Gasteiger partial charge in [0.2, 0.25) is 5.91 Å². The lowest BCUT2D eigenvalue weighted by molar-refractivity contribution is -0.117. The first-order chi connectivity index (χ1) is 14.5. The number of hydrogen-bond donors (Lipinski definition) is 1. The van der Waals surface area contributed by atoms with Gasteiger partial charge >= 0.3 is 0 Å². The number of benzene rings is 2. The number of rotatable bonds is 8. The van der Waals surface area contributed by atoms with Gasteiger partial charge in [-0.25, -0.2) is 0 Å². The average Bonchev–Trinajstić information content (AvgIpc) is 2.73. The topological polar surface area (TPSA) is 60.0 Å². The molecule has 0 atom stereocenters. The van der Waals surface area contributed by atoms with Crippen LogP contribution in [0.4, 0.5) is 5.69 Å². The molecule has 7 heteroatoms. The molecule has 162 valence electrons. The summed E-state index contributed by atoms with van der Waals surface area (Å²) in [6.45, 7) is 6.38. The Morgan fingerprint density at radius 2 is 1.87 bits per heavy atom. The summed E-state index contributed by atoms with van der Waals surface area (Å²) in [5, 5.41) is 3.55. The van der Waals surface area contributed by atoms with Crippen LogP contribution < -0.4 is 19.5 Å². The molecule has 0 aromatic heterocycles. The van der Waals surface area contributed by atoms with Gasteiger partial charge in [-0.15, -0.1) is 0 Å². The number of anilines is 1. The van der Waals surface area contributed by atoms with Gasteiger partial charge in [0, 0.05) is 24.2 Å². The van der Waals surface area contributed by atoms with Crippen LogP contribution in [0, 0.1) is 6.92 Å². The molecule has 1 aliphatic heterocycles. The minimum atomic E-state index is -0.0731. The summed E-state index contributed by atoms with van der Waals surface area (Å²) in [5.41, 5.74) is 1.52. The van der Waals surface area contributed by atoms with Crippen LogP contribution in [0.15, 0.2) is 36.4 Å². The lowest BCUT2D eigenvalue weighted by Crippen LogP contribution is -2.42. The number of nitrogens with zero attached hydrogens (tertiary/aromatic N) is 1.